The standard InChI is InChI=1S/C17H18N2O/c1-2-10-20-17-8-6-14(7-9-17)13-19-16-5-3-4-15(11-16)12-18/h3-9,11,19H,2,10,13H2,1H3. The Morgan fingerprint density at radius 3 is 2.65 bits per heavy atom. The van der Waals surface area contributed by atoms with Gasteiger partial charge in [0.05, 0.1) is 18.2 Å². The molecule has 0 atom stereocenters. The highest BCUT2D eigenvalue weighted by Crippen LogP contribution is 2.15. The van der Waals surface area contributed by atoms with Crippen molar-refractivity contribution in [1.29, 1.82) is 5.26 Å². The zero-order valence-corrected chi connectivity index (χ0v) is 11.6. The predicted octanol–water partition coefficient (Wildman–Crippen LogP) is 3.96. The van der Waals surface area contributed by atoms with Gasteiger partial charge in [-0.3, -0.25) is 0 Å². The van der Waals surface area contributed by atoms with E-state index in [9.17, 15) is 0 Å². The zero-order chi connectivity index (χ0) is 14.2. The fraction of sp³-hybridized carbons (Fsp3) is 0.235. The molecule has 0 fully saturated rings. The Morgan fingerprint density at radius 1 is 1.15 bits per heavy atom. The zero-order valence-electron chi connectivity index (χ0n) is 11.6. The molecule has 0 unspecified atom stereocenters. The predicted molar refractivity (Wildman–Crippen MR) is 80.7 cm³/mol. The molecule has 2 rings (SSSR count). The van der Waals surface area contributed by atoms with Gasteiger partial charge >= 0.3 is 0 Å². The van der Waals surface area contributed by atoms with Crippen molar-refractivity contribution in [2.24, 2.45) is 0 Å². The van der Waals surface area contributed by atoms with Crippen molar-refractivity contribution in [3.05, 3.63) is 59.7 Å². The maximum Gasteiger partial charge on any atom is 0.119 e. The van der Waals surface area contributed by atoms with Gasteiger partial charge in [0.15, 0.2) is 0 Å². The van der Waals surface area contributed by atoms with Gasteiger partial charge in [-0.1, -0.05) is 25.1 Å². The summed E-state index contributed by atoms with van der Waals surface area (Å²) in [7, 11) is 0. The van der Waals surface area contributed by atoms with E-state index in [2.05, 4.69) is 18.3 Å². The van der Waals surface area contributed by atoms with E-state index in [-0.39, 0.29) is 0 Å². The number of benzene rings is 2. The van der Waals surface area contributed by atoms with Crippen molar-refractivity contribution in [2.45, 2.75) is 19.9 Å². The number of anilines is 1. The van der Waals surface area contributed by atoms with Crippen LogP contribution in [-0.2, 0) is 6.54 Å². The fourth-order valence-corrected chi connectivity index (χ4v) is 1.83. The number of nitrogens with zero attached hydrogens (tertiary/aromatic N) is 1. The van der Waals surface area contributed by atoms with Crippen molar-refractivity contribution in [3.8, 4) is 11.8 Å². The number of ether oxygens (including phenoxy) is 1. The minimum atomic E-state index is 0.665. The molecule has 0 aliphatic carbocycles. The summed E-state index contributed by atoms with van der Waals surface area (Å²) in [6.45, 7) is 3.56. The normalized spacial score (nSPS) is 9.80. The highest BCUT2D eigenvalue weighted by atomic mass is 16.5. The Hall–Kier alpha value is -2.47. The van der Waals surface area contributed by atoms with Crippen molar-refractivity contribution in [2.75, 3.05) is 11.9 Å². The van der Waals surface area contributed by atoms with Crippen LogP contribution in [0.25, 0.3) is 0 Å². The van der Waals surface area contributed by atoms with Crippen LogP contribution in [0.15, 0.2) is 48.5 Å². The lowest BCUT2D eigenvalue weighted by atomic mass is 10.2. The molecule has 0 saturated heterocycles. The van der Waals surface area contributed by atoms with E-state index in [0.29, 0.717) is 5.56 Å². The van der Waals surface area contributed by atoms with Crippen LogP contribution in [0.3, 0.4) is 0 Å². The fourth-order valence-electron chi connectivity index (χ4n) is 1.83. The molecule has 0 aliphatic rings. The van der Waals surface area contributed by atoms with E-state index in [0.717, 1.165) is 31.0 Å². The molecule has 0 saturated carbocycles. The maximum absolute atomic E-state index is 8.86. The van der Waals surface area contributed by atoms with Gasteiger partial charge in [0.25, 0.3) is 0 Å². The van der Waals surface area contributed by atoms with Gasteiger partial charge < -0.3 is 10.1 Å². The molecule has 3 heteroatoms. The lowest BCUT2D eigenvalue weighted by Gasteiger charge is -2.08. The monoisotopic (exact) mass is 266 g/mol. The van der Waals surface area contributed by atoms with Gasteiger partial charge in [0.1, 0.15) is 5.75 Å². The Bertz CT molecular complexity index is 585. The Labute approximate surface area is 119 Å². The smallest absolute Gasteiger partial charge is 0.119 e. The van der Waals surface area contributed by atoms with Crippen LogP contribution >= 0.6 is 0 Å². The van der Waals surface area contributed by atoms with E-state index in [4.69, 9.17) is 10.00 Å². The molecule has 3 nitrogen and oxygen atoms in total. The van der Waals surface area contributed by atoms with E-state index >= 15 is 0 Å². The molecule has 0 radical (unpaired) electrons. The summed E-state index contributed by atoms with van der Waals surface area (Å²) in [4.78, 5) is 0. The van der Waals surface area contributed by atoms with Crippen LogP contribution in [0, 0.1) is 11.3 Å². The molecular formula is C17H18N2O. The second-order valence-electron chi connectivity index (χ2n) is 4.54. The van der Waals surface area contributed by atoms with Crippen molar-refractivity contribution >= 4 is 5.69 Å². The number of hydrogen-bond acceptors (Lipinski definition) is 3. The third-order valence-electron chi connectivity index (χ3n) is 2.88. The Balaban J connectivity index is 1.92. The van der Waals surface area contributed by atoms with Gasteiger partial charge in [0.2, 0.25) is 0 Å². The van der Waals surface area contributed by atoms with E-state index in [1.54, 1.807) is 6.07 Å². The molecule has 2 aromatic rings. The van der Waals surface area contributed by atoms with Crippen LogP contribution in [0.1, 0.15) is 24.5 Å². The van der Waals surface area contributed by atoms with Crippen LogP contribution in [0.2, 0.25) is 0 Å². The number of nitrogens with one attached hydrogen (secondary N) is 1. The summed E-state index contributed by atoms with van der Waals surface area (Å²) in [5.41, 5.74) is 2.80. The summed E-state index contributed by atoms with van der Waals surface area (Å²) in [6.07, 6.45) is 1.01. The average molecular weight is 266 g/mol. The first-order chi connectivity index (χ1) is 9.81. The second-order valence-corrected chi connectivity index (χ2v) is 4.54. The van der Waals surface area contributed by atoms with Gasteiger partial charge in [0, 0.05) is 12.2 Å². The summed E-state index contributed by atoms with van der Waals surface area (Å²) in [6, 6.07) is 17.7. The van der Waals surface area contributed by atoms with Crippen molar-refractivity contribution < 1.29 is 4.74 Å². The molecule has 20 heavy (non-hydrogen) atoms. The van der Waals surface area contributed by atoms with E-state index < -0.39 is 0 Å². The first-order valence-corrected chi connectivity index (χ1v) is 6.77. The van der Waals surface area contributed by atoms with E-state index in [1.807, 2.05) is 42.5 Å². The highest BCUT2D eigenvalue weighted by molar-refractivity contribution is 5.49. The highest BCUT2D eigenvalue weighted by Gasteiger charge is 1.97. The van der Waals surface area contributed by atoms with Gasteiger partial charge in [-0.25, -0.2) is 0 Å². The molecule has 0 aliphatic heterocycles. The van der Waals surface area contributed by atoms with Crippen molar-refractivity contribution in [1.82, 2.24) is 0 Å². The second kappa shape index (κ2) is 7.20. The molecule has 2 aromatic carbocycles. The summed E-state index contributed by atoms with van der Waals surface area (Å²) >= 11 is 0. The van der Waals surface area contributed by atoms with Crippen molar-refractivity contribution in [3.63, 3.8) is 0 Å². The minimum Gasteiger partial charge on any atom is -0.494 e. The van der Waals surface area contributed by atoms with Crippen LogP contribution in [0.5, 0.6) is 5.75 Å². The van der Waals surface area contributed by atoms with Crippen LogP contribution < -0.4 is 10.1 Å². The van der Waals surface area contributed by atoms with Gasteiger partial charge in [-0.05, 0) is 42.3 Å². The lowest BCUT2D eigenvalue weighted by molar-refractivity contribution is 0.317. The number of nitriles is 1. The molecule has 0 heterocycles. The first-order valence-electron chi connectivity index (χ1n) is 6.77. The number of hydrogen-bond donors (Lipinski definition) is 1. The first kappa shape index (κ1) is 14.0. The van der Waals surface area contributed by atoms with Crippen LogP contribution in [0.4, 0.5) is 5.69 Å². The quantitative estimate of drug-likeness (QED) is 0.860. The SMILES string of the molecule is CCCOc1ccc(CNc2cccc(C#N)c2)cc1. The molecule has 0 aromatic heterocycles. The van der Waals surface area contributed by atoms with Gasteiger partial charge in [-0.2, -0.15) is 5.26 Å². The summed E-state index contributed by atoms with van der Waals surface area (Å²) in [5.74, 6) is 0.905. The maximum atomic E-state index is 8.86. The topological polar surface area (TPSA) is 45.0 Å². The summed E-state index contributed by atoms with van der Waals surface area (Å²) < 4.78 is 5.55. The lowest BCUT2D eigenvalue weighted by Crippen LogP contribution is -2.00. The molecule has 0 spiro atoms. The molecule has 102 valence electrons. The number of rotatable bonds is 6. The molecule has 0 amide bonds. The third-order valence-corrected chi connectivity index (χ3v) is 2.88. The summed E-state index contributed by atoms with van der Waals surface area (Å²) in [5, 5.41) is 12.2. The van der Waals surface area contributed by atoms with E-state index in [1.165, 1.54) is 5.56 Å². The molecule has 1 N–H and O–H groups in total. The van der Waals surface area contributed by atoms with Crippen LogP contribution in [-0.4, -0.2) is 6.61 Å². The molecule has 0 bridgehead atoms. The largest absolute Gasteiger partial charge is 0.494 e. The average Bonchev–Trinajstić information content (AvgIpc) is 2.52. The Morgan fingerprint density at radius 2 is 1.95 bits per heavy atom. The molecular weight excluding hydrogens is 248 g/mol. The minimum absolute atomic E-state index is 0.665. The van der Waals surface area contributed by atoms with Gasteiger partial charge in [-0.15, -0.1) is 0 Å². The third kappa shape index (κ3) is 4.03. The Kier molecular flexibility index (Phi) is 5.02.